The largest absolute Gasteiger partial charge is 0.309 e. The zero-order chi connectivity index (χ0) is 56.7. The third kappa shape index (κ3) is 9.37. The van der Waals surface area contributed by atoms with Crippen LogP contribution in [0, 0.1) is 0 Å². The molecule has 0 aliphatic rings. The molecule has 0 saturated carbocycles. The van der Waals surface area contributed by atoms with Crippen molar-refractivity contribution >= 4 is 83.1 Å². The van der Waals surface area contributed by atoms with E-state index in [1.165, 1.54) is 16.2 Å². The van der Waals surface area contributed by atoms with Gasteiger partial charge in [-0.15, -0.1) is 0 Å². The third-order valence-corrected chi connectivity index (χ3v) is 18.9. The molecule has 16 rings (SSSR count). The molecule has 8 nitrogen and oxygen atoms in total. The number of pyridine rings is 1. The summed E-state index contributed by atoms with van der Waals surface area (Å²) in [5, 5.41) is 9.44. The molecule has 0 unspecified atom stereocenters. The van der Waals surface area contributed by atoms with Crippen LogP contribution in [0.1, 0.15) is 0 Å². The lowest BCUT2D eigenvalue weighted by atomic mass is 9.95. The molecule has 4 heterocycles. The predicted octanol–water partition coefficient (Wildman–Crippen LogP) is 17.4. The lowest BCUT2D eigenvalue weighted by Crippen LogP contribution is -2.24. The van der Waals surface area contributed by atoms with Gasteiger partial charge in [0.25, 0.3) is 0 Å². The van der Waals surface area contributed by atoms with Crippen LogP contribution in [0.3, 0.4) is 0 Å². The van der Waals surface area contributed by atoms with Gasteiger partial charge >= 0.3 is 0 Å². The van der Waals surface area contributed by atoms with Crippen LogP contribution in [-0.2, 0) is 4.57 Å². The predicted molar refractivity (Wildman–Crippen MR) is 350 cm³/mol. The van der Waals surface area contributed by atoms with E-state index in [2.05, 4.69) is 132 Å². The smallest absolute Gasteiger partial charge is 0.171 e. The fourth-order valence-electron chi connectivity index (χ4n) is 11.6. The Hall–Kier alpha value is -11.1. The first-order valence-electron chi connectivity index (χ1n) is 28.3. The van der Waals surface area contributed by atoms with Crippen LogP contribution in [0.5, 0.6) is 0 Å². The van der Waals surface area contributed by atoms with Gasteiger partial charge in [0.15, 0.2) is 24.6 Å². The van der Waals surface area contributed by atoms with Crippen molar-refractivity contribution in [2.24, 2.45) is 0 Å². The lowest BCUT2D eigenvalue weighted by Gasteiger charge is -2.20. The Balaban J connectivity index is 0.000000144. The summed E-state index contributed by atoms with van der Waals surface area (Å²) in [7, 11) is -3.01. The van der Waals surface area contributed by atoms with Gasteiger partial charge in [0, 0.05) is 59.9 Å². The fraction of sp³-hybridized carbons (Fsp3) is 0. The second-order valence-corrected chi connectivity index (χ2v) is 23.7. The van der Waals surface area contributed by atoms with Gasteiger partial charge in [0.05, 0.1) is 27.8 Å². The van der Waals surface area contributed by atoms with E-state index >= 15 is 0 Å². The molecule has 0 atom stereocenters. The number of nitrogens with zero attached hydrogens (tertiary/aromatic N) is 7. The van der Waals surface area contributed by atoms with Crippen LogP contribution in [0.15, 0.2) is 303 Å². The third-order valence-electron chi connectivity index (χ3n) is 15.8. The summed E-state index contributed by atoms with van der Waals surface area (Å²) in [4.78, 5) is 29.9. The molecule has 0 radical (unpaired) electrons. The van der Waals surface area contributed by atoms with Gasteiger partial charge in [-0.3, -0.25) is 4.40 Å². The zero-order valence-corrected chi connectivity index (χ0v) is 46.7. The Labute approximate surface area is 490 Å². The molecule has 9 heteroatoms. The summed E-state index contributed by atoms with van der Waals surface area (Å²) in [6, 6.07) is 102. The molecule has 0 aliphatic carbocycles. The maximum atomic E-state index is 14.7. The Morgan fingerprint density at radius 1 is 0.271 bits per heavy atom. The number of hydrogen-bond donors (Lipinski definition) is 0. The van der Waals surface area contributed by atoms with Gasteiger partial charge in [0.1, 0.15) is 11.5 Å². The normalized spacial score (nSPS) is 11.6. The highest BCUT2D eigenvalue weighted by Crippen LogP contribution is 2.43. The second kappa shape index (κ2) is 21.7. The number of rotatable bonds is 9. The van der Waals surface area contributed by atoms with Crippen LogP contribution in [0.2, 0.25) is 0 Å². The minimum Gasteiger partial charge on any atom is -0.309 e. The summed E-state index contributed by atoms with van der Waals surface area (Å²) < 4.78 is 16.9. The zero-order valence-electron chi connectivity index (χ0n) is 45.9. The van der Waals surface area contributed by atoms with Crippen molar-refractivity contribution in [3.63, 3.8) is 0 Å². The van der Waals surface area contributed by atoms with E-state index in [-0.39, 0.29) is 0 Å². The monoisotopic (exact) mass is 1110 g/mol. The number of benzene rings is 12. The highest BCUT2D eigenvalue weighted by atomic mass is 31.2. The molecule has 4 aromatic heterocycles. The van der Waals surface area contributed by atoms with Crippen LogP contribution in [0.25, 0.3) is 128 Å². The van der Waals surface area contributed by atoms with Gasteiger partial charge in [0.2, 0.25) is 0 Å². The summed E-state index contributed by atoms with van der Waals surface area (Å²) in [6.07, 6.45) is 0. The molecule has 0 saturated heterocycles. The molecular weight excluding hydrogens is 1060 g/mol. The fourth-order valence-corrected chi connectivity index (χ4v) is 14.2. The van der Waals surface area contributed by atoms with E-state index in [0.29, 0.717) is 17.5 Å². The molecule has 0 aliphatic heterocycles. The number of imidazole rings is 1. The van der Waals surface area contributed by atoms with Gasteiger partial charge in [-0.05, 0) is 57.6 Å². The Kier molecular flexibility index (Phi) is 13.0. The molecule has 85 heavy (non-hydrogen) atoms. The summed E-state index contributed by atoms with van der Waals surface area (Å²) in [6.45, 7) is 0. The summed E-state index contributed by atoms with van der Waals surface area (Å²) in [5.74, 6) is 2.79. The van der Waals surface area contributed by atoms with Crippen molar-refractivity contribution in [3.8, 4) is 67.9 Å². The van der Waals surface area contributed by atoms with Gasteiger partial charge < -0.3 is 4.57 Å². The maximum Gasteiger partial charge on any atom is 0.171 e. The SMILES string of the molecule is O=P(c1ccccc1)(c1ccccc1)c1ccc(-c2ccc(-c3nc4ccccc4c4nc5ccccc5n34)cc2)cc1.c1ccc(-c2nc(-c3ccccc3)nc(-c3ccc(-c4nc5ccccc5c5ccc6ccccc6c45)cc3)n2)cc1. The van der Waals surface area contributed by atoms with Crippen molar-refractivity contribution in [2.75, 3.05) is 0 Å². The summed E-state index contributed by atoms with van der Waals surface area (Å²) >= 11 is 0. The number of para-hydroxylation sites is 4. The molecule has 16 aromatic rings. The number of fused-ring (bicyclic) bond motifs is 10. The number of hydrogen-bond acceptors (Lipinski definition) is 7. The molecule has 0 amide bonds. The van der Waals surface area contributed by atoms with Crippen molar-refractivity contribution < 1.29 is 4.57 Å². The van der Waals surface area contributed by atoms with Crippen LogP contribution in [0.4, 0.5) is 0 Å². The minimum atomic E-state index is -3.01. The molecule has 0 fully saturated rings. The Morgan fingerprint density at radius 3 is 1.29 bits per heavy atom. The van der Waals surface area contributed by atoms with E-state index in [0.717, 1.165) is 110 Å². The average molecular weight is 1110 g/mol. The Bertz CT molecular complexity index is 5080. The highest BCUT2D eigenvalue weighted by Gasteiger charge is 2.29. The van der Waals surface area contributed by atoms with Crippen molar-refractivity contribution in [1.82, 2.24) is 34.3 Å². The van der Waals surface area contributed by atoms with Crippen LogP contribution in [-0.4, -0.2) is 34.3 Å². The van der Waals surface area contributed by atoms with Crippen LogP contribution < -0.4 is 15.9 Å². The van der Waals surface area contributed by atoms with Crippen molar-refractivity contribution in [3.05, 3.63) is 303 Å². The summed E-state index contributed by atoms with van der Waals surface area (Å²) in [5.41, 5.74) is 12.8. The maximum absolute atomic E-state index is 14.7. The van der Waals surface area contributed by atoms with E-state index in [1.807, 2.05) is 176 Å². The average Bonchev–Trinajstić information content (AvgIpc) is 2.10. The first kappa shape index (κ1) is 50.9. The lowest BCUT2D eigenvalue weighted by molar-refractivity contribution is 0.592. The molecule has 0 spiro atoms. The Morgan fingerprint density at radius 2 is 0.694 bits per heavy atom. The minimum absolute atomic E-state index is 0.635. The molecule has 0 bridgehead atoms. The van der Waals surface area contributed by atoms with E-state index in [1.54, 1.807) is 0 Å². The molecular formula is C76H50N7OP. The standard InChI is InChI=1S/C38H24N4.C38H26N3OP/c1-3-12-27(13-4-1)36-40-37(28-14-5-2-6-15-28)42-38(41-36)29-21-19-26(20-22-29)35-34-30-16-8-7-11-25(30)23-24-32(34)31-17-9-10-18-33(31)39-35;42-43(30-11-3-1-4-12-30,31-13-5-2-6-14-31)32-25-23-28(24-26-32)27-19-21-29(22-20-27)37-39-34-16-8-7-15-33(34)38-40-35-17-9-10-18-36(35)41(37)38/h1-24H;1-26H. The first-order chi connectivity index (χ1) is 42.0. The first-order valence-corrected chi connectivity index (χ1v) is 30.0. The van der Waals surface area contributed by atoms with Crippen molar-refractivity contribution in [1.29, 1.82) is 0 Å². The van der Waals surface area contributed by atoms with Gasteiger partial charge in [-0.25, -0.2) is 29.9 Å². The van der Waals surface area contributed by atoms with Crippen molar-refractivity contribution in [2.45, 2.75) is 0 Å². The van der Waals surface area contributed by atoms with E-state index < -0.39 is 7.14 Å². The van der Waals surface area contributed by atoms with Gasteiger partial charge in [-0.2, -0.15) is 0 Å². The topological polar surface area (TPSA) is 98.8 Å². The molecule has 0 N–H and O–H groups in total. The highest BCUT2D eigenvalue weighted by molar-refractivity contribution is 7.85. The second-order valence-electron chi connectivity index (χ2n) is 20.9. The molecule has 12 aromatic carbocycles. The quantitative estimate of drug-likeness (QED) is 0.105. The van der Waals surface area contributed by atoms with Crippen LogP contribution >= 0.6 is 7.14 Å². The van der Waals surface area contributed by atoms with E-state index in [9.17, 15) is 4.57 Å². The number of aromatic nitrogens is 7. The van der Waals surface area contributed by atoms with Gasteiger partial charge in [-0.1, -0.05) is 273 Å². The van der Waals surface area contributed by atoms with E-state index in [4.69, 9.17) is 29.9 Å². The molecule has 400 valence electrons.